The third kappa shape index (κ3) is 2.82. The minimum absolute atomic E-state index is 0.177. The highest BCUT2D eigenvalue weighted by molar-refractivity contribution is 5.14. The van der Waals surface area contributed by atoms with Crippen LogP contribution >= 0.6 is 0 Å². The quantitative estimate of drug-likeness (QED) is 0.600. The van der Waals surface area contributed by atoms with Crippen molar-refractivity contribution in [1.82, 2.24) is 9.55 Å². The van der Waals surface area contributed by atoms with E-state index in [1.807, 2.05) is 0 Å². The van der Waals surface area contributed by atoms with E-state index >= 15 is 0 Å². The Morgan fingerprint density at radius 2 is 2.30 bits per heavy atom. The summed E-state index contributed by atoms with van der Waals surface area (Å²) in [4.78, 5) is 25.6. The van der Waals surface area contributed by atoms with Crippen LogP contribution in [0.3, 0.4) is 0 Å². The maximum absolute atomic E-state index is 11.8. The molecule has 1 aliphatic heterocycles. The first-order valence-electron chi connectivity index (χ1n) is 6.25. The Labute approximate surface area is 114 Å². The van der Waals surface area contributed by atoms with Gasteiger partial charge in [-0.2, -0.15) is 0 Å². The van der Waals surface area contributed by atoms with Gasteiger partial charge >= 0.3 is 5.69 Å². The van der Waals surface area contributed by atoms with Crippen LogP contribution in [0.2, 0.25) is 0 Å². The summed E-state index contributed by atoms with van der Waals surface area (Å²) < 4.78 is 6.61. The lowest BCUT2D eigenvalue weighted by Gasteiger charge is -2.14. The molecule has 1 saturated heterocycles. The predicted octanol–water partition coefficient (Wildman–Crippen LogP) is -1.26. The van der Waals surface area contributed by atoms with Crippen LogP contribution in [0.4, 0.5) is 0 Å². The van der Waals surface area contributed by atoms with Crippen molar-refractivity contribution in [3.8, 4) is 11.8 Å². The van der Waals surface area contributed by atoms with Crippen molar-refractivity contribution >= 4 is 0 Å². The van der Waals surface area contributed by atoms with Crippen LogP contribution < -0.4 is 11.2 Å². The zero-order valence-corrected chi connectivity index (χ0v) is 11.0. The van der Waals surface area contributed by atoms with Crippen LogP contribution in [-0.4, -0.2) is 38.6 Å². The van der Waals surface area contributed by atoms with E-state index in [2.05, 4.69) is 16.8 Å². The Kier molecular flexibility index (Phi) is 4.39. The molecule has 7 heteroatoms. The van der Waals surface area contributed by atoms with E-state index in [1.54, 1.807) is 6.92 Å². The molecule has 7 nitrogen and oxygen atoms in total. The van der Waals surface area contributed by atoms with Crippen molar-refractivity contribution in [2.24, 2.45) is 0 Å². The van der Waals surface area contributed by atoms with Crippen LogP contribution in [0.15, 0.2) is 15.8 Å². The molecule has 3 atom stereocenters. The van der Waals surface area contributed by atoms with Gasteiger partial charge in [-0.15, -0.1) is 5.92 Å². The van der Waals surface area contributed by atoms with E-state index < -0.39 is 29.7 Å². The van der Waals surface area contributed by atoms with Gasteiger partial charge in [0, 0.05) is 24.6 Å². The SMILES string of the molecule is CC#CCc1cn([C@@H]2CC(O)[C@H](CO)O2)c(=O)[nH]c1=O. The van der Waals surface area contributed by atoms with Crippen LogP contribution in [0.25, 0.3) is 0 Å². The van der Waals surface area contributed by atoms with Gasteiger partial charge in [0.25, 0.3) is 5.56 Å². The third-order valence-electron chi connectivity index (χ3n) is 3.19. The van der Waals surface area contributed by atoms with Crippen LogP contribution in [0, 0.1) is 11.8 Å². The normalized spacial score (nSPS) is 25.2. The smallest absolute Gasteiger partial charge is 0.330 e. The van der Waals surface area contributed by atoms with E-state index in [0.29, 0.717) is 5.56 Å². The summed E-state index contributed by atoms with van der Waals surface area (Å²) >= 11 is 0. The number of H-pyrrole nitrogens is 1. The molecule has 108 valence electrons. The zero-order valence-electron chi connectivity index (χ0n) is 11.0. The number of ether oxygens (including phenoxy) is 1. The van der Waals surface area contributed by atoms with Gasteiger partial charge in [0.1, 0.15) is 12.3 Å². The highest BCUT2D eigenvalue weighted by atomic mass is 16.5. The van der Waals surface area contributed by atoms with E-state index in [-0.39, 0.29) is 19.4 Å². The van der Waals surface area contributed by atoms with E-state index in [1.165, 1.54) is 10.8 Å². The van der Waals surface area contributed by atoms with Crippen molar-refractivity contribution in [2.75, 3.05) is 6.61 Å². The number of aliphatic hydroxyl groups is 2. The number of aromatic amines is 1. The summed E-state index contributed by atoms with van der Waals surface area (Å²) in [7, 11) is 0. The monoisotopic (exact) mass is 280 g/mol. The predicted molar refractivity (Wildman–Crippen MR) is 70.1 cm³/mol. The molecule has 0 aromatic carbocycles. The standard InChI is InChI=1S/C13H16N2O5/c1-2-3-4-8-6-15(13(19)14-12(8)18)11-5-9(17)10(7-16)20-11/h6,9-11,16-17H,4-5,7H2,1H3,(H,14,18,19)/t9?,10-,11-/m0/s1. The first-order valence-corrected chi connectivity index (χ1v) is 6.25. The fourth-order valence-corrected chi connectivity index (χ4v) is 2.10. The summed E-state index contributed by atoms with van der Waals surface area (Å²) in [5.41, 5.74) is -0.741. The van der Waals surface area contributed by atoms with Gasteiger partial charge in [0.15, 0.2) is 0 Å². The Balaban J connectivity index is 2.34. The average molecular weight is 280 g/mol. The first kappa shape index (κ1) is 14.5. The molecule has 1 aromatic heterocycles. The van der Waals surface area contributed by atoms with Gasteiger partial charge in [-0.05, 0) is 6.92 Å². The second-order valence-electron chi connectivity index (χ2n) is 4.54. The van der Waals surface area contributed by atoms with Crippen molar-refractivity contribution in [3.63, 3.8) is 0 Å². The minimum Gasteiger partial charge on any atom is -0.394 e. The Bertz CT molecular complexity index is 651. The van der Waals surface area contributed by atoms with Gasteiger partial charge in [0.2, 0.25) is 0 Å². The lowest BCUT2D eigenvalue weighted by molar-refractivity contribution is -0.0459. The van der Waals surface area contributed by atoms with Crippen molar-refractivity contribution < 1.29 is 14.9 Å². The lowest BCUT2D eigenvalue weighted by Crippen LogP contribution is -2.34. The van der Waals surface area contributed by atoms with Crippen LogP contribution in [0.5, 0.6) is 0 Å². The molecular weight excluding hydrogens is 264 g/mol. The molecule has 0 aliphatic carbocycles. The van der Waals surface area contributed by atoms with E-state index in [4.69, 9.17) is 9.84 Å². The summed E-state index contributed by atoms with van der Waals surface area (Å²) in [6.07, 6.45) is -0.482. The molecule has 1 fully saturated rings. The second kappa shape index (κ2) is 6.05. The third-order valence-corrected chi connectivity index (χ3v) is 3.19. The van der Waals surface area contributed by atoms with Crippen molar-refractivity contribution in [3.05, 3.63) is 32.6 Å². The van der Waals surface area contributed by atoms with Gasteiger partial charge in [0.05, 0.1) is 12.7 Å². The molecule has 2 rings (SSSR count). The Hall–Kier alpha value is -1.88. The largest absolute Gasteiger partial charge is 0.394 e. The molecule has 1 unspecified atom stereocenters. The summed E-state index contributed by atoms with van der Waals surface area (Å²) in [6, 6.07) is 0. The number of aromatic nitrogens is 2. The van der Waals surface area contributed by atoms with Crippen molar-refractivity contribution in [1.29, 1.82) is 0 Å². The summed E-state index contributed by atoms with van der Waals surface area (Å²) in [6.45, 7) is 1.33. The minimum atomic E-state index is -0.845. The first-order chi connectivity index (χ1) is 9.56. The van der Waals surface area contributed by atoms with Crippen molar-refractivity contribution in [2.45, 2.75) is 38.2 Å². The molecule has 0 bridgehead atoms. The fourth-order valence-electron chi connectivity index (χ4n) is 2.10. The summed E-state index contributed by atoms with van der Waals surface area (Å²) in [5, 5.41) is 18.7. The number of rotatable bonds is 3. The number of hydrogen-bond donors (Lipinski definition) is 3. The molecule has 0 radical (unpaired) electrons. The Morgan fingerprint density at radius 1 is 1.55 bits per heavy atom. The zero-order chi connectivity index (χ0) is 14.7. The Morgan fingerprint density at radius 3 is 2.90 bits per heavy atom. The number of aliphatic hydroxyl groups excluding tert-OH is 2. The van der Waals surface area contributed by atoms with E-state index in [0.717, 1.165) is 0 Å². The second-order valence-corrected chi connectivity index (χ2v) is 4.54. The maximum Gasteiger partial charge on any atom is 0.330 e. The molecule has 0 spiro atoms. The number of hydrogen-bond acceptors (Lipinski definition) is 5. The molecule has 0 amide bonds. The molecule has 3 N–H and O–H groups in total. The number of nitrogens with zero attached hydrogens (tertiary/aromatic N) is 1. The molecule has 0 saturated carbocycles. The molecular formula is C13H16N2O5. The molecule has 1 aromatic rings. The van der Waals surface area contributed by atoms with Gasteiger partial charge < -0.3 is 14.9 Å². The highest BCUT2D eigenvalue weighted by Gasteiger charge is 2.35. The molecule has 20 heavy (non-hydrogen) atoms. The van der Waals surface area contributed by atoms with Gasteiger partial charge in [-0.1, -0.05) is 5.92 Å². The van der Waals surface area contributed by atoms with Gasteiger partial charge in [-0.25, -0.2) is 4.79 Å². The van der Waals surface area contributed by atoms with Gasteiger partial charge in [-0.3, -0.25) is 14.3 Å². The average Bonchev–Trinajstić information content (AvgIpc) is 2.79. The molecule has 2 heterocycles. The lowest BCUT2D eigenvalue weighted by atomic mass is 10.2. The molecule has 1 aliphatic rings. The fraction of sp³-hybridized carbons (Fsp3) is 0.538. The summed E-state index contributed by atoms with van der Waals surface area (Å²) in [5.74, 6) is 5.43. The van der Waals surface area contributed by atoms with Crippen LogP contribution in [0.1, 0.15) is 25.1 Å². The van der Waals surface area contributed by atoms with Crippen LogP contribution in [-0.2, 0) is 11.2 Å². The van der Waals surface area contributed by atoms with E-state index in [9.17, 15) is 14.7 Å². The number of nitrogens with one attached hydrogen (secondary N) is 1. The maximum atomic E-state index is 11.8. The topological polar surface area (TPSA) is 105 Å². The highest BCUT2D eigenvalue weighted by Crippen LogP contribution is 2.27.